The van der Waals surface area contributed by atoms with Crippen LogP contribution in [-0.2, 0) is 6.42 Å². The van der Waals surface area contributed by atoms with Crippen LogP contribution < -0.4 is 5.73 Å². The molecule has 0 radical (unpaired) electrons. The van der Waals surface area contributed by atoms with Crippen LogP contribution in [0.1, 0.15) is 30.4 Å². The first-order valence-electron chi connectivity index (χ1n) is 5.50. The molecule has 1 aromatic carbocycles. The van der Waals surface area contributed by atoms with Crippen molar-refractivity contribution in [3.8, 4) is 0 Å². The summed E-state index contributed by atoms with van der Waals surface area (Å²) in [6, 6.07) is 8.87. The Bertz CT molecular complexity index is 290. The first-order valence-corrected chi connectivity index (χ1v) is 5.50. The van der Waals surface area contributed by atoms with Crippen LogP contribution in [-0.4, -0.2) is 6.54 Å². The lowest BCUT2D eigenvalue weighted by molar-refractivity contribution is 0.145. The van der Waals surface area contributed by atoms with Gasteiger partial charge in [0, 0.05) is 0 Å². The van der Waals surface area contributed by atoms with Crippen molar-refractivity contribution in [2.24, 2.45) is 11.1 Å². The summed E-state index contributed by atoms with van der Waals surface area (Å²) >= 11 is 0. The molecule has 0 spiro atoms. The molecule has 1 fully saturated rings. The Labute approximate surface area is 86.3 Å². The highest BCUT2D eigenvalue weighted by Gasteiger charge is 2.35. The number of hydrogen-bond acceptors (Lipinski definition) is 1. The van der Waals surface area contributed by atoms with Crippen molar-refractivity contribution in [3.63, 3.8) is 0 Å². The van der Waals surface area contributed by atoms with Crippen molar-refractivity contribution in [3.05, 3.63) is 35.4 Å². The Hall–Kier alpha value is -0.820. The largest absolute Gasteiger partial charge is 0.330 e. The molecule has 1 aliphatic rings. The quantitative estimate of drug-likeness (QED) is 0.777. The van der Waals surface area contributed by atoms with Crippen LogP contribution in [0.15, 0.2) is 24.3 Å². The van der Waals surface area contributed by atoms with E-state index in [0.717, 1.165) is 6.54 Å². The lowest BCUT2D eigenvalue weighted by Crippen LogP contribution is -2.39. The molecule has 14 heavy (non-hydrogen) atoms. The van der Waals surface area contributed by atoms with Crippen molar-refractivity contribution in [2.75, 3.05) is 6.54 Å². The van der Waals surface area contributed by atoms with E-state index in [1.54, 1.807) is 0 Å². The Morgan fingerprint density at radius 2 is 1.86 bits per heavy atom. The minimum atomic E-state index is 0.440. The Morgan fingerprint density at radius 3 is 2.29 bits per heavy atom. The van der Waals surface area contributed by atoms with Gasteiger partial charge in [-0.05, 0) is 43.7 Å². The van der Waals surface area contributed by atoms with Gasteiger partial charge in [0.15, 0.2) is 0 Å². The molecule has 1 aromatic rings. The van der Waals surface area contributed by atoms with Gasteiger partial charge >= 0.3 is 0 Å². The number of rotatable bonds is 3. The number of hydrogen-bond donors (Lipinski definition) is 1. The lowest BCUT2D eigenvalue weighted by atomic mass is 9.65. The monoisotopic (exact) mass is 189 g/mol. The number of aryl methyl sites for hydroxylation is 1. The SMILES string of the molecule is Cc1ccc(CC2(CN)CCC2)cc1. The molecule has 1 saturated carbocycles. The van der Waals surface area contributed by atoms with Gasteiger partial charge in [-0.25, -0.2) is 0 Å². The van der Waals surface area contributed by atoms with Gasteiger partial charge in [-0.1, -0.05) is 36.2 Å². The van der Waals surface area contributed by atoms with E-state index >= 15 is 0 Å². The zero-order valence-corrected chi connectivity index (χ0v) is 8.92. The van der Waals surface area contributed by atoms with E-state index in [0.29, 0.717) is 5.41 Å². The number of nitrogens with two attached hydrogens (primary N) is 1. The highest BCUT2D eigenvalue weighted by atomic mass is 14.6. The third-order valence-electron chi connectivity index (χ3n) is 3.55. The van der Waals surface area contributed by atoms with Gasteiger partial charge < -0.3 is 5.73 Å². The average Bonchev–Trinajstić information content (AvgIpc) is 2.15. The van der Waals surface area contributed by atoms with Crippen molar-refractivity contribution in [2.45, 2.75) is 32.6 Å². The molecule has 0 saturated heterocycles. The van der Waals surface area contributed by atoms with E-state index < -0.39 is 0 Å². The maximum absolute atomic E-state index is 5.85. The first kappa shape index (κ1) is 9.72. The Morgan fingerprint density at radius 1 is 1.21 bits per heavy atom. The molecule has 1 aliphatic carbocycles. The fraction of sp³-hybridized carbons (Fsp3) is 0.538. The summed E-state index contributed by atoms with van der Waals surface area (Å²) in [4.78, 5) is 0. The standard InChI is InChI=1S/C13H19N/c1-11-3-5-12(6-4-11)9-13(10-14)7-2-8-13/h3-6H,2,7-10,14H2,1H3. The first-order chi connectivity index (χ1) is 6.74. The predicted molar refractivity (Wildman–Crippen MR) is 60.2 cm³/mol. The van der Waals surface area contributed by atoms with Crippen molar-refractivity contribution in [1.82, 2.24) is 0 Å². The van der Waals surface area contributed by atoms with E-state index in [1.807, 2.05) is 0 Å². The average molecular weight is 189 g/mol. The van der Waals surface area contributed by atoms with Gasteiger partial charge in [0.1, 0.15) is 0 Å². The van der Waals surface area contributed by atoms with Crippen LogP contribution in [0.2, 0.25) is 0 Å². The summed E-state index contributed by atoms with van der Waals surface area (Å²) in [7, 11) is 0. The van der Waals surface area contributed by atoms with E-state index in [1.165, 1.54) is 36.8 Å². The maximum atomic E-state index is 5.85. The normalized spacial score (nSPS) is 19.0. The zero-order chi connectivity index (χ0) is 10.0. The van der Waals surface area contributed by atoms with Crippen LogP contribution in [0.25, 0.3) is 0 Å². The smallest absolute Gasteiger partial charge is 0.00173 e. The van der Waals surface area contributed by atoms with Crippen LogP contribution in [0, 0.1) is 12.3 Å². The summed E-state index contributed by atoms with van der Waals surface area (Å²) in [5.74, 6) is 0. The molecule has 1 nitrogen and oxygen atoms in total. The third kappa shape index (κ3) is 1.83. The second-order valence-corrected chi connectivity index (χ2v) is 4.72. The Kier molecular flexibility index (Phi) is 2.60. The van der Waals surface area contributed by atoms with Gasteiger partial charge in [0.2, 0.25) is 0 Å². The fourth-order valence-electron chi connectivity index (χ4n) is 2.27. The molecule has 0 heterocycles. The topological polar surface area (TPSA) is 26.0 Å². The summed E-state index contributed by atoms with van der Waals surface area (Å²) in [5, 5.41) is 0. The van der Waals surface area contributed by atoms with Gasteiger partial charge in [-0.3, -0.25) is 0 Å². The molecule has 2 rings (SSSR count). The summed E-state index contributed by atoms with van der Waals surface area (Å²) < 4.78 is 0. The summed E-state index contributed by atoms with van der Waals surface area (Å²) in [6.45, 7) is 2.98. The van der Waals surface area contributed by atoms with Crippen LogP contribution in [0.4, 0.5) is 0 Å². The molecule has 0 amide bonds. The van der Waals surface area contributed by atoms with Crippen molar-refractivity contribution >= 4 is 0 Å². The van der Waals surface area contributed by atoms with E-state index in [4.69, 9.17) is 5.73 Å². The number of benzene rings is 1. The Balaban J connectivity index is 2.06. The van der Waals surface area contributed by atoms with Gasteiger partial charge in [-0.15, -0.1) is 0 Å². The molecule has 0 bridgehead atoms. The summed E-state index contributed by atoms with van der Waals surface area (Å²) in [6.07, 6.45) is 5.17. The molecule has 2 N–H and O–H groups in total. The van der Waals surface area contributed by atoms with Gasteiger partial charge in [-0.2, -0.15) is 0 Å². The molecule has 0 aliphatic heterocycles. The molecular formula is C13H19N. The lowest BCUT2D eigenvalue weighted by Gasteiger charge is -2.41. The second kappa shape index (κ2) is 3.74. The molecular weight excluding hydrogens is 170 g/mol. The minimum Gasteiger partial charge on any atom is -0.330 e. The molecule has 1 heteroatoms. The predicted octanol–water partition coefficient (Wildman–Crippen LogP) is 2.67. The molecule has 0 aromatic heterocycles. The fourth-order valence-corrected chi connectivity index (χ4v) is 2.27. The maximum Gasteiger partial charge on any atom is -0.00173 e. The molecule has 0 atom stereocenters. The summed E-state index contributed by atoms with van der Waals surface area (Å²) in [5.41, 5.74) is 9.07. The van der Waals surface area contributed by atoms with Crippen molar-refractivity contribution in [1.29, 1.82) is 0 Å². The van der Waals surface area contributed by atoms with E-state index in [-0.39, 0.29) is 0 Å². The highest BCUT2D eigenvalue weighted by Crippen LogP contribution is 2.42. The minimum absolute atomic E-state index is 0.440. The van der Waals surface area contributed by atoms with Crippen LogP contribution >= 0.6 is 0 Å². The molecule has 0 unspecified atom stereocenters. The van der Waals surface area contributed by atoms with Crippen LogP contribution in [0.5, 0.6) is 0 Å². The van der Waals surface area contributed by atoms with Gasteiger partial charge in [0.25, 0.3) is 0 Å². The van der Waals surface area contributed by atoms with E-state index in [9.17, 15) is 0 Å². The zero-order valence-electron chi connectivity index (χ0n) is 8.92. The van der Waals surface area contributed by atoms with Gasteiger partial charge in [0.05, 0.1) is 0 Å². The second-order valence-electron chi connectivity index (χ2n) is 4.72. The van der Waals surface area contributed by atoms with Crippen LogP contribution in [0.3, 0.4) is 0 Å². The third-order valence-corrected chi connectivity index (χ3v) is 3.55. The van der Waals surface area contributed by atoms with E-state index in [2.05, 4.69) is 31.2 Å². The molecule has 76 valence electrons. The van der Waals surface area contributed by atoms with Crippen molar-refractivity contribution < 1.29 is 0 Å². The highest BCUT2D eigenvalue weighted by molar-refractivity contribution is 5.23.